The Bertz CT molecular complexity index is 294. The lowest BCUT2D eigenvalue weighted by Crippen LogP contribution is -2.03. The van der Waals surface area contributed by atoms with E-state index in [1.165, 1.54) is 0 Å². The molecule has 0 aromatic heterocycles. The first kappa shape index (κ1) is 10.0. The lowest BCUT2D eigenvalue weighted by Gasteiger charge is -2.05. The summed E-state index contributed by atoms with van der Waals surface area (Å²) in [6.07, 6.45) is -4.35. The maximum absolute atomic E-state index is 12.0. The predicted molar refractivity (Wildman–Crippen MR) is 41.6 cm³/mol. The fourth-order valence-electron chi connectivity index (χ4n) is 0.748. The SMILES string of the molecule is O=[SH]Oc1ccc(C(F)(F)F)cc1. The fraction of sp³-hybridized carbons (Fsp3) is 0.143. The van der Waals surface area contributed by atoms with Crippen LogP contribution in [0.5, 0.6) is 5.75 Å². The van der Waals surface area contributed by atoms with Crippen LogP contribution in [-0.2, 0) is 18.1 Å². The molecule has 0 amide bonds. The molecule has 0 aliphatic rings. The minimum atomic E-state index is -4.35. The van der Waals surface area contributed by atoms with Crippen LogP contribution < -0.4 is 4.18 Å². The van der Waals surface area contributed by atoms with E-state index in [-0.39, 0.29) is 5.75 Å². The van der Waals surface area contributed by atoms with Gasteiger partial charge in [-0.25, -0.2) is 4.21 Å². The molecule has 0 saturated carbocycles. The van der Waals surface area contributed by atoms with Crippen molar-refractivity contribution in [3.8, 4) is 5.75 Å². The maximum atomic E-state index is 12.0. The Labute approximate surface area is 76.0 Å². The zero-order valence-electron chi connectivity index (χ0n) is 6.21. The van der Waals surface area contributed by atoms with Gasteiger partial charge < -0.3 is 4.18 Å². The van der Waals surface area contributed by atoms with Crippen molar-refractivity contribution < 1.29 is 21.6 Å². The average molecular weight is 210 g/mol. The summed E-state index contributed by atoms with van der Waals surface area (Å²) in [7, 11) is 0. The summed E-state index contributed by atoms with van der Waals surface area (Å²) in [6.45, 7) is 0. The Hall–Kier alpha value is -1.04. The molecule has 0 unspecified atom stereocenters. The fourth-order valence-corrected chi connectivity index (χ4v) is 0.956. The van der Waals surface area contributed by atoms with Crippen molar-refractivity contribution in [2.24, 2.45) is 0 Å². The lowest BCUT2D eigenvalue weighted by atomic mass is 10.2. The van der Waals surface area contributed by atoms with Crippen LogP contribution in [0.1, 0.15) is 5.56 Å². The summed E-state index contributed by atoms with van der Waals surface area (Å²) in [4.78, 5) is 0. The number of alkyl halides is 3. The molecule has 1 aromatic rings. The van der Waals surface area contributed by atoms with Gasteiger partial charge in [-0.15, -0.1) is 0 Å². The van der Waals surface area contributed by atoms with Gasteiger partial charge in [0.1, 0.15) is 5.75 Å². The van der Waals surface area contributed by atoms with Crippen LogP contribution in [0, 0.1) is 0 Å². The van der Waals surface area contributed by atoms with E-state index < -0.39 is 23.7 Å². The zero-order valence-corrected chi connectivity index (χ0v) is 7.10. The summed E-state index contributed by atoms with van der Waals surface area (Å²) >= 11 is -0.588. The molecule has 0 atom stereocenters. The van der Waals surface area contributed by atoms with Gasteiger partial charge in [-0.2, -0.15) is 13.2 Å². The summed E-state index contributed by atoms with van der Waals surface area (Å²) in [6, 6.07) is 3.93. The highest BCUT2D eigenvalue weighted by molar-refractivity contribution is 7.60. The maximum Gasteiger partial charge on any atom is 0.416 e. The normalized spacial score (nSPS) is 11.3. The molecular formula is C7H5F3O2S. The van der Waals surface area contributed by atoms with Crippen LogP contribution in [0.2, 0.25) is 0 Å². The van der Waals surface area contributed by atoms with Crippen molar-refractivity contribution in [3.05, 3.63) is 29.8 Å². The quantitative estimate of drug-likeness (QED) is 0.755. The Balaban J connectivity index is 2.87. The summed E-state index contributed by atoms with van der Waals surface area (Å²) < 4.78 is 50.3. The van der Waals surface area contributed by atoms with E-state index in [0.717, 1.165) is 24.3 Å². The summed E-state index contributed by atoms with van der Waals surface area (Å²) in [5.41, 5.74) is -0.762. The van der Waals surface area contributed by atoms with E-state index in [4.69, 9.17) is 0 Å². The average Bonchev–Trinajstić information content (AvgIpc) is 2.04. The van der Waals surface area contributed by atoms with E-state index in [1.807, 2.05) is 0 Å². The molecule has 0 radical (unpaired) electrons. The van der Waals surface area contributed by atoms with E-state index >= 15 is 0 Å². The Morgan fingerprint density at radius 3 is 2.08 bits per heavy atom. The third kappa shape index (κ3) is 2.73. The highest BCUT2D eigenvalue weighted by atomic mass is 32.2. The predicted octanol–water partition coefficient (Wildman–Crippen LogP) is 1.94. The number of halogens is 3. The van der Waals surface area contributed by atoms with Crippen molar-refractivity contribution >= 4 is 11.9 Å². The molecule has 0 saturated heterocycles. The zero-order chi connectivity index (χ0) is 9.90. The van der Waals surface area contributed by atoms with Crippen LogP contribution in [-0.4, -0.2) is 4.21 Å². The molecule has 0 fully saturated rings. The van der Waals surface area contributed by atoms with Gasteiger partial charge in [0.25, 0.3) is 0 Å². The van der Waals surface area contributed by atoms with Crippen molar-refractivity contribution in [3.63, 3.8) is 0 Å². The van der Waals surface area contributed by atoms with E-state index in [1.54, 1.807) is 0 Å². The van der Waals surface area contributed by atoms with E-state index in [0.29, 0.717) is 0 Å². The summed E-state index contributed by atoms with van der Waals surface area (Å²) in [5.74, 6) is 0.129. The first-order valence-corrected chi connectivity index (χ1v) is 3.94. The molecule has 2 nitrogen and oxygen atoms in total. The molecule has 6 heteroatoms. The molecular weight excluding hydrogens is 205 g/mol. The second-order valence-corrected chi connectivity index (χ2v) is 2.52. The second kappa shape index (κ2) is 3.78. The molecule has 13 heavy (non-hydrogen) atoms. The van der Waals surface area contributed by atoms with Gasteiger partial charge in [0.15, 0.2) is 11.9 Å². The van der Waals surface area contributed by atoms with Gasteiger partial charge in [-0.05, 0) is 24.3 Å². The molecule has 72 valence electrons. The minimum Gasteiger partial charge on any atom is -0.403 e. The Morgan fingerprint density at radius 2 is 1.69 bits per heavy atom. The van der Waals surface area contributed by atoms with Crippen LogP contribution in [0.4, 0.5) is 13.2 Å². The van der Waals surface area contributed by atoms with Gasteiger partial charge in [0, 0.05) is 0 Å². The standard InChI is InChI=1S/C7H5F3O2S/c8-7(9,10)5-1-3-6(4-2-5)12-13-11/h1-4,13H. The molecule has 0 aliphatic heterocycles. The largest absolute Gasteiger partial charge is 0.416 e. The molecule has 0 heterocycles. The van der Waals surface area contributed by atoms with Gasteiger partial charge >= 0.3 is 6.18 Å². The van der Waals surface area contributed by atoms with Gasteiger partial charge in [0.2, 0.25) is 0 Å². The van der Waals surface area contributed by atoms with Crippen LogP contribution >= 0.6 is 0 Å². The van der Waals surface area contributed by atoms with Crippen LogP contribution in [0.3, 0.4) is 0 Å². The van der Waals surface area contributed by atoms with E-state index in [9.17, 15) is 17.4 Å². The van der Waals surface area contributed by atoms with Crippen LogP contribution in [0.15, 0.2) is 24.3 Å². The van der Waals surface area contributed by atoms with Crippen molar-refractivity contribution in [2.45, 2.75) is 6.18 Å². The number of thiol groups is 1. The smallest absolute Gasteiger partial charge is 0.403 e. The highest BCUT2D eigenvalue weighted by Crippen LogP contribution is 2.30. The first-order chi connectivity index (χ1) is 6.04. The number of benzene rings is 1. The first-order valence-electron chi connectivity index (χ1n) is 3.21. The van der Waals surface area contributed by atoms with Crippen molar-refractivity contribution in [1.82, 2.24) is 0 Å². The second-order valence-electron chi connectivity index (χ2n) is 2.19. The molecule has 0 aliphatic carbocycles. The van der Waals surface area contributed by atoms with E-state index in [2.05, 4.69) is 4.18 Å². The molecule has 1 rings (SSSR count). The molecule has 0 spiro atoms. The third-order valence-electron chi connectivity index (χ3n) is 1.32. The monoisotopic (exact) mass is 210 g/mol. The number of hydrogen-bond donors (Lipinski definition) is 1. The molecule has 0 N–H and O–H groups in total. The lowest BCUT2D eigenvalue weighted by molar-refractivity contribution is -0.137. The molecule has 0 bridgehead atoms. The van der Waals surface area contributed by atoms with Crippen molar-refractivity contribution in [2.75, 3.05) is 0 Å². The number of rotatable bonds is 2. The Morgan fingerprint density at radius 1 is 1.15 bits per heavy atom. The number of hydrogen-bond acceptors (Lipinski definition) is 2. The van der Waals surface area contributed by atoms with Gasteiger partial charge in [-0.3, -0.25) is 0 Å². The Kier molecular flexibility index (Phi) is 2.92. The van der Waals surface area contributed by atoms with Crippen molar-refractivity contribution in [1.29, 1.82) is 0 Å². The minimum absolute atomic E-state index is 0.129. The highest BCUT2D eigenvalue weighted by Gasteiger charge is 2.29. The third-order valence-corrected chi connectivity index (χ3v) is 1.61. The van der Waals surface area contributed by atoms with Gasteiger partial charge in [0.05, 0.1) is 5.56 Å². The van der Waals surface area contributed by atoms with Gasteiger partial charge in [-0.1, -0.05) is 0 Å². The summed E-state index contributed by atoms with van der Waals surface area (Å²) in [5, 5.41) is 0. The molecule has 1 aromatic carbocycles. The van der Waals surface area contributed by atoms with Crippen LogP contribution in [0.25, 0.3) is 0 Å². The topological polar surface area (TPSA) is 26.3 Å².